The highest BCUT2D eigenvalue weighted by Crippen LogP contribution is 2.08. The molecule has 0 aliphatic heterocycles. The molecular weight excluding hydrogens is 286 g/mol. The summed E-state index contributed by atoms with van der Waals surface area (Å²) in [5.74, 6) is 0.00881. The lowest BCUT2D eigenvalue weighted by Gasteiger charge is -2.17. The van der Waals surface area contributed by atoms with Crippen LogP contribution in [-0.2, 0) is 13.0 Å². The second-order valence-electron chi connectivity index (χ2n) is 5.91. The number of nitrogens with one attached hydrogen (secondary N) is 2. The van der Waals surface area contributed by atoms with Gasteiger partial charge in [0.25, 0.3) is 5.91 Å². The fourth-order valence-corrected chi connectivity index (χ4v) is 2.81. The van der Waals surface area contributed by atoms with Crippen LogP contribution in [0.5, 0.6) is 0 Å². The monoisotopic (exact) mass is 313 g/mol. The summed E-state index contributed by atoms with van der Waals surface area (Å²) in [5.41, 5.74) is 3.18. The van der Waals surface area contributed by atoms with E-state index < -0.39 is 0 Å². The van der Waals surface area contributed by atoms with Crippen LogP contribution in [0.15, 0.2) is 42.6 Å². The van der Waals surface area contributed by atoms with Gasteiger partial charge >= 0.3 is 0 Å². The number of nitrogens with zero attached hydrogens (tertiary/aromatic N) is 1. The summed E-state index contributed by atoms with van der Waals surface area (Å²) in [5, 5.41) is 6.37. The van der Waals surface area contributed by atoms with Gasteiger partial charge in [-0.25, -0.2) is 0 Å². The van der Waals surface area contributed by atoms with Gasteiger partial charge in [0.05, 0.1) is 0 Å². The van der Waals surface area contributed by atoms with Crippen LogP contribution in [0.2, 0.25) is 0 Å². The molecule has 0 radical (unpaired) electrons. The SMILES string of the molecule is CCn1cc(C)cc1C(=O)NCC[C@H](Cc1ccccc1)NC. The molecule has 2 rings (SSSR count). The van der Waals surface area contributed by atoms with E-state index in [0.29, 0.717) is 12.6 Å². The molecule has 1 heterocycles. The first kappa shape index (κ1) is 17.3. The molecular formula is C19H27N3O. The van der Waals surface area contributed by atoms with Gasteiger partial charge in [-0.3, -0.25) is 4.79 Å². The van der Waals surface area contributed by atoms with Gasteiger partial charge in [0.2, 0.25) is 0 Å². The smallest absolute Gasteiger partial charge is 0.267 e. The van der Waals surface area contributed by atoms with Crippen LogP contribution in [0.4, 0.5) is 0 Å². The number of aromatic nitrogens is 1. The van der Waals surface area contributed by atoms with Gasteiger partial charge in [-0.2, -0.15) is 0 Å². The molecule has 4 nitrogen and oxygen atoms in total. The lowest BCUT2D eigenvalue weighted by Crippen LogP contribution is -2.34. The van der Waals surface area contributed by atoms with Crippen LogP contribution < -0.4 is 10.6 Å². The van der Waals surface area contributed by atoms with Gasteiger partial charge in [-0.1, -0.05) is 30.3 Å². The van der Waals surface area contributed by atoms with Crippen molar-refractivity contribution in [2.45, 2.75) is 39.3 Å². The molecule has 23 heavy (non-hydrogen) atoms. The van der Waals surface area contributed by atoms with Crippen molar-refractivity contribution in [1.82, 2.24) is 15.2 Å². The van der Waals surface area contributed by atoms with E-state index in [2.05, 4.69) is 34.9 Å². The lowest BCUT2D eigenvalue weighted by molar-refractivity contribution is 0.0943. The Morgan fingerprint density at radius 1 is 1.26 bits per heavy atom. The van der Waals surface area contributed by atoms with Crippen molar-refractivity contribution in [1.29, 1.82) is 0 Å². The molecule has 1 aromatic carbocycles. The van der Waals surface area contributed by atoms with E-state index in [9.17, 15) is 4.79 Å². The van der Waals surface area contributed by atoms with Crippen LogP contribution in [0, 0.1) is 6.92 Å². The highest BCUT2D eigenvalue weighted by molar-refractivity contribution is 5.92. The Morgan fingerprint density at radius 3 is 2.65 bits per heavy atom. The minimum absolute atomic E-state index is 0.00881. The van der Waals surface area contributed by atoms with Gasteiger partial charge in [0, 0.05) is 25.3 Å². The fourth-order valence-electron chi connectivity index (χ4n) is 2.81. The summed E-state index contributed by atoms with van der Waals surface area (Å²) in [4.78, 5) is 12.3. The van der Waals surface area contributed by atoms with Gasteiger partial charge in [-0.15, -0.1) is 0 Å². The van der Waals surface area contributed by atoms with Crippen LogP contribution in [0.1, 0.15) is 35.0 Å². The molecule has 0 unspecified atom stereocenters. The van der Waals surface area contributed by atoms with E-state index in [4.69, 9.17) is 0 Å². The molecule has 0 fully saturated rings. The number of rotatable bonds is 8. The lowest BCUT2D eigenvalue weighted by atomic mass is 10.0. The van der Waals surface area contributed by atoms with Crippen molar-refractivity contribution in [2.75, 3.05) is 13.6 Å². The average molecular weight is 313 g/mol. The van der Waals surface area contributed by atoms with E-state index in [1.54, 1.807) is 0 Å². The largest absolute Gasteiger partial charge is 0.351 e. The fraction of sp³-hybridized carbons (Fsp3) is 0.421. The zero-order valence-electron chi connectivity index (χ0n) is 14.3. The Labute approximate surface area is 138 Å². The predicted octanol–water partition coefficient (Wildman–Crippen LogP) is 2.77. The minimum Gasteiger partial charge on any atom is -0.351 e. The Balaban J connectivity index is 1.84. The van der Waals surface area contributed by atoms with Crippen molar-refractivity contribution < 1.29 is 4.79 Å². The number of carbonyl (C=O) groups excluding carboxylic acids is 1. The maximum Gasteiger partial charge on any atom is 0.267 e. The summed E-state index contributed by atoms with van der Waals surface area (Å²) in [7, 11) is 1.97. The van der Waals surface area contributed by atoms with Crippen molar-refractivity contribution in [2.24, 2.45) is 0 Å². The van der Waals surface area contributed by atoms with Gasteiger partial charge in [0.1, 0.15) is 5.69 Å². The van der Waals surface area contributed by atoms with Crippen LogP contribution in [0.3, 0.4) is 0 Å². The van der Waals surface area contributed by atoms with Crippen LogP contribution in [0.25, 0.3) is 0 Å². The number of hydrogen-bond acceptors (Lipinski definition) is 2. The molecule has 2 aromatic rings. The number of benzene rings is 1. The molecule has 2 N–H and O–H groups in total. The molecule has 0 spiro atoms. The zero-order valence-corrected chi connectivity index (χ0v) is 14.3. The first-order valence-electron chi connectivity index (χ1n) is 8.30. The molecule has 4 heteroatoms. The number of carbonyl (C=O) groups is 1. The first-order chi connectivity index (χ1) is 11.1. The maximum absolute atomic E-state index is 12.3. The summed E-state index contributed by atoms with van der Waals surface area (Å²) in [6.45, 7) is 5.54. The van der Waals surface area contributed by atoms with Crippen molar-refractivity contribution >= 4 is 5.91 Å². The highest BCUT2D eigenvalue weighted by atomic mass is 16.1. The third-order valence-electron chi connectivity index (χ3n) is 4.12. The summed E-state index contributed by atoms with van der Waals surface area (Å²) >= 11 is 0. The van der Waals surface area contributed by atoms with Crippen molar-refractivity contribution in [3.8, 4) is 0 Å². The molecule has 124 valence electrons. The predicted molar refractivity (Wildman–Crippen MR) is 94.8 cm³/mol. The first-order valence-corrected chi connectivity index (χ1v) is 8.30. The van der Waals surface area contributed by atoms with Gasteiger partial charge in [0.15, 0.2) is 0 Å². The van der Waals surface area contributed by atoms with Crippen LogP contribution in [-0.4, -0.2) is 30.1 Å². The Morgan fingerprint density at radius 2 is 2.00 bits per heavy atom. The van der Waals surface area contributed by atoms with E-state index in [1.807, 2.05) is 43.8 Å². The molecule has 0 aliphatic carbocycles. The molecule has 1 amide bonds. The normalized spacial score (nSPS) is 12.1. The average Bonchev–Trinajstić information content (AvgIpc) is 2.95. The number of hydrogen-bond donors (Lipinski definition) is 2. The molecule has 1 aromatic heterocycles. The van der Waals surface area contributed by atoms with Gasteiger partial charge in [-0.05, 0) is 50.9 Å². The standard InChI is InChI=1S/C19H27N3O/c1-4-22-14-15(2)12-18(22)19(23)21-11-10-17(20-3)13-16-8-6-5-7-9-16/h5-9,12,14,17,20H,4,10-11,13H2,1-3H3,(H,21,23)/t17-/m1/s1. The molecule has 0 aliphatic rings. The van der Waals surface area contributed by atoms with Crippen LogP contribution >= 0.6 is 0 Å². The second-order valence-corrected chi connectivity index (χ2v) is 5.91. The van der Waals surface area contributed by atoms with Crippen molar-refractivity contribution in [3.63, 3.8) is 0 Å². The number of amides is 1. The zero-order chi connectivity index (χ0) is 16.7. The van der Waals surface area contributed by atoms with E-state index in [1.165, 1.54) is 5.56 Å². The Kier molecular flexibility index (Phi) is 6.41. The quantitative estimate of drug-likeness (QED) is 0.787. The highest BCUT2D eigenvalue weighted by Gasteiger charge is 2.12. The Bertz CT molecular complexity index is 619. The van der Waals surface area contributed by atoms with E-state index >= 15 is 0 Å². The summed E-state index contributed by atoms with van der Waals surface area (Å²) < 4.78 is 1.99. The molecule has 0 bridgehead atoms. The third kappa shape index (κ3) is 4.96. The number of likely N-dealkylation sites (N-methyl/N-ethyl adjacent to an activating group) is 1. The second kappa shape index (κ2) is 8.53. The summed E-state index contributed by atoms with van der Waals surface area (Å²) in [6, 6.07) is 12.7. The van der Waals surface area contributed by atoms with Crippen molar-refractivity contribution in [3.05, 3.63) is 59.4 Å². The van der Waals surface area contributed by atoms with E-state index in [0.717, 1.165) is 30.6 Å². The topological polar surface area (TPSA) is 46.1 Å². The number of aryl methyl sites for hydroxylation is 2. The van der Waals surface area contributed by atoms with E-state index in [-0.39, 0.29) is 5.91 Å². The minimum atomic E-state index is 0.00881. The molecule has 0 saturated heterocycles. The molecule has 0 saturated carbocycles. The summed E-state index contributed by atoms with van der Waals surface area (Å²) in [6.07, 6.45) is 3.89. The third-order valence-corrected chi connectivity index (χ3v) is 4.12. The maximum atomic E-state index is 12.3. The molecule has 1 atom stereocenters. The van der Waals surface area contributed by atoms with Gasteiger partial charge < -0.3 is 15.2 Å². The Hall–Kier alpha value is -2.07.